The van der Waals surface area contributed by atoms with E-state index < -0.39 is 0 Å². The maximum atomic E-state index is 12.7. The number of amides is 4. The molecule has 4 amide bonds. The second-order valence-electron chi connectivity index (χ2n) is 6.37. The largest absolute Gasteiger partial charge is 0.336 e. The van der Waals surface area contributed by atoms with Crippen LogP contribution in [-0.4, -0.2) is 35.0 Å². The summed E-state index contributed by atoms with van der Waals surface area (Å²) in [6.07, 6.45) is 0. The quantitative estimate of drug-likeness (QED) is 0.905. The number of carbonyl (C=O) groups excluding carboxylic acids is 2. The SMILES string of the molecule is O=C1NCCN1Cc1ccccc1NC(=O)N1Cc2ccccc2C1. The Morgan fingerprint density at radius 3 is 2.40 bits per heavy atom. The molecule has 6 nitrogen and oxygen atoms in total. The molecule has 0 radical (unpaired) electrons. The Morgan fingerprint density at radius 2 is 1.72 bits per heavy atom. The van der Waals surface area contributed by atoms with Gasteiger partial charge in [0.15, 0.2) is 0 Å². The van der Waals surface area contributed by atoms with Crippen molar-refractivity contribution in [3.63, 3.8) is 0 Å². The zero-order valence-electron chi connectivity index (χ0n) is 13.9. The van der Waals surface area contributed by atoms with Crippen LogP contribution in [0.2, 0.25) is 0 Å². The minimum Gasteiger partial charge on any atom is -0.336 e. The highest BCUT2D eigenvalue weighted by Gasteiger charge is 2.24. The fourth-order valence-electron chi connectivity index (χ4n) is 3.32. The Labute approximate surface area is 146 Å². The first-order valence-corrected chi connectivity index (χ1v) is 8.44. The standard InChI is InChI=1S/C19H20N4O2/c24-18-20-9-10-22(18)13-16-7-3-4-8-17(16)21-19(25)23-11-14-5-1-2-6-15(14)12-23/h1-8H,9-13H2,(H,20,24)(H,21,25). The molecule has 0 bridgehead atoms. The van der Waals surface area contributed by atoms with Gasteiger partial charge in [-0.15, -0.1) is 0 Å². The summed E-state index contributed by atoms with van der Waals surface area (Å²) in [6, 6.07) is 15.6. The van der Waals surface area contributed by atoms with Crippen molar-refractivity contribution >= 4 is 17.7 Å². The van der Waals surface area contributed by atoms with Gasteiger partial charge in [-0.2, -0.15) is 0 Å². The lowest BCUT2D eigenvalue weighted by Gasteiger charge is -2.20. The van der Waals surface area contributed by atoms with E-state index in [2.05, 4.69) is 22.8 Å². The highest BCUT2D eigenvalue weighted by molar-refractivity contribution is 5.90. The molecule has 25 heavy (non-hydrogen) atoms. The molecular weight excluding hydrogens is 316 g/mol. The predicted octanol–water partition coefficient (Wildman–Crippen LogP) is 2.76. The highest BCUT2D eigenvalue weighted by Crippen LogP contribution is 2.24. The summed E-state index contributed by atoms with van der Waals surface area (Å²) in [5, 5.41) is 5.80. The number of anilines is 1. The summed E-state index contributed by atoms with van der Waals surface area (Å²) >= 11 is 0. The zero-order valence-corrected chi connectivity index (χ0v) is 13.9. The van der Waals surface area contributed by atoms with Crippen LogP contribution in [0.15, 0.2) is 48.5 Å². The summed E-state index contributed by atoms with van der Waals surface area (Å²) < 4.78 is 0. The maximum Gasteiger partial charge on any atom is 0.322 e. The Morgan fingerprint density at radius 1 is 1.04 bits per heavy atom. The first-order valence-electron chi connectivity index (χ1n) is 8.44. The first kappa shape index (κ1) is 15.5. The van der Waals surface area contributed by atoms with Gasteiger partial charge in [0, 0.05) is 38.4 Å². The number of rotatable bonds is 3. The van der Waals surface area contributed by atoms with Gasteiger partial charge >= 0.3 is 12.1 Å². The van der Waals surface area contributed by atoms with Crippen molar-refractivity contribution in [1.82, 2.24) is 15.1 Å². The molecule has 4 rings (SSSR count). The second-order valence-corrected chi connectivity index (χ2v) is 6.37. The average Bonchev–Trinajstić information content (AvgIpc) is 3.23. The third kappa shape index (κ3) is 3.15. The second kappa shape index (κ2) is 6.47. The van der Waals surface area contributed by atoms with E-state index in [4.69, 9.17) is 0 Å². The molecule has 0 aromatic heterocycles. The van der Waals surface area contributed by atoms with Crippen LogP contribution in [0.5, 0.6) is 0 Å². The van der Waals surface area contributed by atoms with Gasteiger partial charge in [0.25, 0.3) is 0 Å². The fourth-order valence-corrected chi connectivity index (χ4v) is 3.32. The van der Waals surface area contributed by atoms with Crippen molar-refractivity contribution < 1.29 is 9.59 Å². The molecule has 0 spiro atoms. The van der Waals surface area contributed by atoms with Gasteiger partial charge in [-0.1, -0.05) is 42.5 Å². The number of urea groups is 2. The molecule has 2 aromatic carbocycles. The van der Waals surface area contributed by atoms with Crippen molar-refractivity contribution in [3.05, 3.63) is 65.2 Å². The summed E-state index contributed by atoms with van der Waals surface area (Å²) in [6.45, 7) is 3.09. The predicted molar refractivity (Wildman–Crippen MR) is 95.0 cm³/mol. The van der Waals surface area contributed by atoms with Gasteiger partial charge in [0.2, 0.25) is 0 Å². The number of para-hydroxylation sites is 1. The van der Waals surface area contributed by atoms with Gasteiger partial charge < -0.3 is 20.4 Å². The molecule has 2 aliphatic heterocycles. The fraction of sp³-hybridized carbons (Fsp3) is 0.263. The van der Waals surface area contributed by atoms with E-state index >= 15 is 0 Å². The van der Waals surface area contributed by atoms with Crippen LogP contribution in [0, 0.1) is 0 Å². The average molecular weight is 336 g/mol. The van der Waals surface area contributed by atoms with E-state index in [1.807, 2.05) is 36.4 Å². The minimum atomic E-state index is -0.116. The first-order chi connectivity index (χ1) is 12.2. The molecular formula is C19H20N4O2. The smallest absolute Gasteiger partial charge is 0.322 e. The van der Waals surface area contributed by atoms with Crippen LogP contribution in [0.3, 0.4) is 0 Å². The number of nitrogens with one attached hydrogen (secondary N) is 2. The van der Waals surface area contributed by atoms with Crippen LogP contribution in [0.25, 0.3) is 0 Å². The number of nitrogens with zero attached hydrogens (tertiary/aromatic N) is 2. The number of hydrogen-bond acceptors (Lipinski definition) is 2. The van der Waals surface area contributed by atoms with Gasteiger partial charge in [-0.05, 0) is 22.8 Å². The van der Waals surface area contributed by atoms with Gasteiger partial charge in [0.1, 0.15) is 0 Å². The molecule has 2 aromatic rings. The van der Waals surface area contributed by atoms with Crippen LogP contribution in [0.1, 0.15) is 16.7 Å². The third-order valence-electron chi connectivity index (χ3n) is 4.69. The van der Waals surface area contributed by atoms with Gasteiger partial charge in [0.05, 0.1) is 0 Å². The minimum absolute atomic E-state index is 0.0591. The van der Waals surface area contributed by atoms with Crippen molar-refractivity contribution in [2.75, 3.05) is 18.4 Å². The van der Waals surface area contributed by atoms with Crippen LogP contribution in [-0.2, 0) is 19.6 Å². The third-order valence-corrected chi connectivity index (χ3v) is 4.69. The monoisotopic (exact) mass is 336 g/mol. The van der Waals surface area contributed by atoms with E-state index in [1.54, 1.807) is 9.80 Å². The molecule has 128 valence electrons. The lowest BCUT2D eigenvalue weighted by atomic mass is 10.1. The van der Waals surface area contributed by atoms with Crippen LogP contribution < -0.4 is 10.6 Å². The molecule has 0 unspecified atom stereocenters. The normalized spacial score (nSPS) is 15.9. The summed E-state index contributed by atoms with van der Waals surface area (Å²) in [7, 11) is 0. The van der Waals surface area contributed by atoms with Crippen molar-refractivity contribution in [2.45, 2.75) is 19.6 Å². The number of hydrogen-bond donors (Lipinski definition) is 2. The van der Waals surface area contributed by atoms with Crippen LogP contribution >= 0.6 is 0 Å². The van der Waals surface area contributed by atoms with E-state index in [1.165, 1.54) is 11.1 Å². The molecule has 2 aliphatic rings. The lowest BCUT2D eigenvalue weighted by Crippen LogP contribution is -2.31. The topological polar surface area (TPSA) is 64.7 Å². The Kier molecular flexibility index (Phi) is 4.01. The number of fused-ring (bicyclic) bond motifs is 1. The van der Waals surface area contributed by atoms with E-state index in [9.17, 15) is 9.59 Å². The molecule has 0 saturated carbocycles. The summed E-state index contributed by atoms with van der Waals surface area (Å²) in [5.74, 6) is 0. The van der Waals surface area contributed by atoms with E-state index in [-0.39, 0.29) is 12.1 Å². The molecule has 2 heterocycles. The Bertz CT molecular complexity index is 796. The number of carbonyl (C=O) groups is 2. The number of benzene rings is 2. The van der Waals surface area contributed by atoms with Crippen molar-refractivity contribution in [3.8, 4) is 0 Å². The molecule has 1 fully saturated rings. The Balaban J connectivity index is 1.46. The molecule has 1 saturated heterocycles. The highest BCUT2D eigenvalue weighted by atomic mass is 16.2. The molecule has 6 heteroatoms. The lowest BCUT2D eigenvalue weighted by molar-refractivity contribution is 0.212. The van der Waals surface area contributed by atoms with Gasteiger partial charge in [-0.3, -0.25) is 0 Å². The molecule has 0 atom stereocenters. The van der Waals surface area contributed by atoms with Crippen molar-refractivity contribution in [2.24, 2.45) is 0 Å². The molecule has 0 aliphatic carbocycles. The zero-order chi connectivity index (χ0) is 17.2. The van der Waals surface area contributed by atoms with Gasteiger partial charge in [-0.25, -0.2) is 9.59 Å². The van der Waals surface area contributed by atoms with Crippen molar-refractivity contribution in [1.29, 1.82) is 0 Å². The summed E-state index contributed by atoms with van der Waals surface area (Å²) in [5.41, 5.74) is 4.08. The Hall–Kier alpha value is -3.02. The van der Waals surface area contributed by atoms with Crippen LogP contribution in [0.4, 0.5) is 15.3 Å². The van der Waals surface area contributed by atoms with E-state index in [0.29, 0.717) is 32.7 Å². The maximum absolute atomic E-state index is 12.7. The van der Waals surface area contributed by atoms with E-state index in [0.717, 1.165) is 11.3 Å². The molecule has 2 N–H and O–H groups in total. The summed E-state index contributed by atoms with van der Waals surface area (Å²) in [4.78, 5) is 28.0.